The van der Waals surface area contributed by atoms with Crippen molar-refractivity contribution in [1.82, 2.24) is 0 Å². The molecule has 0 heterocycles. The zero-order chi connectivity index (χ0) is 9.56. The molecule has 2 N–H and O–H groups in total. The van der Waals surface area contributed by atoms with Crippen molar-refractivity contribution >= 4 is 5.78 Å². The van der Waals surface area contributed by atoms with Crippen LogP contribution in [0, 0.1) is 0 Å². The number of rotatable bonds is 4. The standard InChI is InChI=1S/C10H17NO/c1-8(2)9(3)5-4-6-10(12)7-11/h4-5H,6-7,11H2,1-3H3/b5-4-. The van der Waals surface area contributed by atoms with Crippen LogP contribution >= 0.6 is 0 Å². The average Bonchev–Trinajstić information content (AvgIpc) is 2.03. The number of carbonyl (C=O) groups is 1. The Morgan fingerprint density at radius 2 is 1.92 bits per heavy atom. The van der Waals surface area contributed by atoms with Gasteiger partial charge in [-0.05, 0) is 20.8 Å². The molecule has 0 bridgehead atoms. The molecule has 0 aliphatic rings. The molecule has 0 saturated heterocycles. The van der Waals surface area contributed by atoms with E-state index in [1.807, 2.05) is 32.9 Å². The first-order valence-corrected chi connectivity index (χ1v) is 4.10. The zero-order valence-corrected chi connectivity index (χ0v) is 8.05. The van der Waals surface area contributed by atoms with Gasteiger partial charge >= 0.3 is 0 Å². The third-order valence-corrected chi connectivity index (χ3v) is 1.73. The molecular weight excluding hydrogens is 150 g/mol. The first-order chi connectivity index (χ1) is 5.57. The molecule has 2 heteroatoms. The normalized spacial score (nSPS) is 10.3. The van der Waals surface area contributed by atoms with E-state index in [4.69, 9.17) is 5.73 Å². The summed E-state index contributed by atoms with van der Waals surface area (Å²) >= 11 is 0. The van der Waals surface area contributed by atoms with Crippen molar-refractivity contribution < 1.29 is 4.79 Å². The lowest BCUT2D eigenvalue weighted by Crippen LogP contribution is -2.11. The molecule has 0 saturated carbocycles. The minimum absolute atomic E-state index is 0.0767. The summed E-state index contributed by atoms with van der Waals surface area (Å²) in [5, 5.41) is 0. The highest BCUT2D eigenvalue weighted by atomic mass is 16.1. The molecule has 0 aromatic heterocycles. The summed E-state index contributed by atoms with van der Waals surface area (Å²) in [6, 6.07) is 0. The summed E-state index contributed by atoms with van der Waals surface area (Å²) in [4.78, 5) is 10.8. The molecule has 12 heavy (non-hydrogen) atoms. The summed E-state index contributed by atoms with van der Waals surface area (Å²) in [7, 11) is 0. The van der Waals surface area contributed by atoms with Crippen molar-refractivity contribution in [3.63, 3.8) is 0 Å². The number of nitrogens with two attached hydrogens (primary N) is 1. The van der Waals surface area contributed by atoms with E-state index in [-0.39, 0.29) is 12.3 Å². The van der Waals surface area contributed by atoms with E-state index in [2.05, 4.69) is 0 Å². The fourth-order valence-corrected chi connectivity index (χ4v) is 0.617. The van der Waals surface area contributed by atoms with Gasteiger partial charge < -0.3 is 5.73 Å². The lowest BCUT2D eigenvalue weighted by atomic mass is 10.1. The maximum absolute atomic E-state index is 10.8. The Hall–Kier alpha value is -0.890. The number of carbonyl (C=O) groups excluding carboxylic acids is 1. The minimum atomic E-state index is 0.0767. The molecule has 0 rings (SSSR count). The fourth-order valence-electron chi connectivity index (χ4n) is 0.617. The number of Topliss-reactive ketones (excluding diaryl/α,β-unsaturated/α-hetero) is 1. The predicted octanol–water partition coefficient (Wildman–Crippen LogP) is 1.82. The second-order valence-corrected chi connectivity index (χ2v) is 3.03. The van der Waals surface area contributed by atoms with Gasteiger partial charge in [0, 0.05) is 6.42 Å². The SMILES string of the molecule is CC(C)=C(C)/C=C\CC(=O)CN. The second kappa shape index (κ2) is 5.72. The van der Waals surface area contributed by atoms with Crippen LogP contribution in [0.4, 0.5) is 0 Å². The van der Waals surface area contributed by atoms with E-state index in [1.54, 1.807) is 0 Å². The molecule has 0 atom stereocenters. The topological polar surface area (TPSA) is 43.1 Å². The van der Waals surface area contributed by atoms with Gasteiger partial charge in [-0.3, -0.25) is 4.79 Å². The Morgan fingerprint density at radius 1 is 1.33 bits per heavy atom. The summed E-state index contributed by atoms with van der Waals surface area (Å²) in [6.45, 7) is 6.26. The van der Waals surface area contributed by atoms with Gasteiger partial charge in [0.25, 0.3) is 0 Å². The fraction of sp³-hybridized carbons (Fsp3) is 0.500. The van der Waals surface area contributed by atoms with Gasteiger partial charge in [-0.25, -0.2) is 0 Å². The molecule has 0 aliphatic carbocycles. The van der Waals surface area contributed by atoms with Crippen molar-refractivity contribution in [3.05, 3.63) is 23.3 Å². The van der Waals surface area contributed by atoms with E-state index in [1.165, 1.54) is 11.1 Å². The van der Waals surface area contributed by atoms with Crippen molar-refractivity contribution in [3.8, 4) is 0 Å². The molecule has 0 unspecified atom stereocenters. The van der Waals surface area contributed by atoms with E-state index in [0.717, 1.165) is 0 Å². The van der Waals surface area contributed by atoms with Crippen LogP contribution in [0.5, 0.6) is 0 Å². The Morgan fingerprint density at radius 3 is 2.33 bits per heavy atom. The summed E-state index contributed by atoms with van der Waals surface area (Å²) in [6.07, 6.45) is 4.27. The number of hydrogen-bond donors (Lipinski definition) is 1. The van der Waals surface area contributed by atoms with Crippen LogP contribution in [-0.4, -0.2) is 12.3 Å². The highest BCUT2D eigenvalue weighted by Crippen LogP contribution is 2.03. The lowest BCUT2D eigenvalue weighted by molar-refractivity contribution is -0.116. The molecule has 0 aromatic carbocycles. The molecule has 0 amide bonds. The van der Waals surface area contributed by atoms with Gasteiger partial charge in [0.15, 0.2) is 0 Å². The Bertz CT molecular complexity index is 210. The van der Waals surface area contributed by atoms with Crippen LogP contribution in [0.1, 0.15) is 27.2 Å². The third-order valence-electron chi connectivity index (χ3n) is 1.73. The smallest absolute Gasteiger partial charge is 0.150 e. The van der Waals surface area contributed by atoms with Crippen molar-refractivity contribution in [2.45, 2.75) is 27.2 Å². The van der Waals surface area contributed by atoms with E-state index in [9.17, 15) is 4.79 Å². The maximum atomic E-state index is 10.8. The van der Waals surface area contributed by atoms with Gasteiger partial charge in [-0.1, -0.05) is 23.3 Å². The summed E-state index contributed by atoms with van der Waals surface area (Å²) < 4.78 is 0. The molecule has 0 fully saturated rings. The van der Waals surface area contributed by atoms with Gasteiger partial charge in [-0.15, -0.1) is 0 Å². The monoisotopic (exact) mass is 167 g/mol. The van der Waals surface area contributed by atoms with Crippen LogP contribution in [0.15, 0.2) is 23.3 Å². The quantitative estimate of drug-likeness (QED) is 0.649. The predicted molar refractivity (Wildman–Crippen MR) is 51.9 cm³/mol. The molecule has 0 radical (unpaired) electrons. The molecule has 2 nitrogen and oxygen atoms in total. The van der Waals surface area contributed by atoms with Gasteiger partial charge in [-0.2, -0.15) is 0 Å². The highest BCUT2D eigenvalue weighted by molar-refractivity contribution is 5.81. The average molecular weight is 167 g/mol. The van der Waals surface area contributed by atoms with Gasteiger partial charge in [0.2, 0.25) is 0 Å². The van der Waals surface area contributed by atoms with Crippen molar-refractivity contribution in [2.24, 2.45) is 5.73 Å². The van der Waals surface area contributed by atoms with E-state index < -0.39 is 0 Å². The Kier molecular flexibility index (Phi) is 5.30. The number of allylic oxidation sites excluding steroid dienone is 4. The van der Waals surface area contributed by atoms with Crippen molar-refractivity contribution in [2.75, 3.05) is 6.54 Å². The second-order valence-electron chi connectivity index (χ2n) is 3.03. The van der Waals surface area contributed by atoms with E-state index >= 15 is 0 Å². The molecular formula is C10H17NO. The first-order valence-electron chi connectivity index (χ1n) is 4.10. The van der Waals surface area contributed by atoms with Crippen molar-refractivity contribution in [1.29, 1.82) is 0 Å². The first kappa shape index (κ1) is 11.1. The third kappa shape index (κ3) is 4.85. The highest BCUT2D eigenvalue weighted by Gasteiger charge is 1.92. The van der Waals surface area contributed by atoms with Gasteiger partial charge in [0.1, 0.15) is 5.78 Å². The number of hydrogen-bond acceptors (Lipinski definition) is 2. The molecule has 68 valence electrons. The van der Waals surface area contributed by atoms with Gasteiger partial charge in [0.05, 0.1) is 6.54 Å². The zero-order valence-electron chi connectivity index (χ0n) is 8.05. The Balaban J connectivity index is 3.93. The number of ketones is 1. The van der Waals surface area contributed by atoms with Crippen LogP contribution in [0.3, 0.4) is 0 Å². The van der Waals surface area contributed by atoms with Crippen LogP contribution in [-0.2, 0) is 4.79 Å². The molecule has 0 spiro atoms. The molecule has 0 aromatic rings. The van der Waals surface area contributed by atoms with Crippen LogP contribution < -0.4 is 5.73 Å². The maximum Gasteiger partial charge on any atom is 0.150 e. The molecule has 0 aliphatic heterocycles. The summed E-state index contributed by atoms with van der Waals surface area (Å²) in [5.41, 5.74) is 7.63. The minimum Gasteiger partial charge on any atom is -0.324 e. The van der Waals surface area contributed by atoms with E-state index in [0.29, 0.717) is 6.42 Å². The largest absolute Gasteiger partial charge is 0.324 e. The van der Waals surface area contributed by atoms with Crippen LogP contribution in [0.2, 0.25) is 0 Å². The lowest BCUT2D eigenvalue weighted by Gasteiger charge is -1.94. The Labute approximate surface area is 74.1 Å². The van der Waals surface area contributed by atoms with Crippen LogP contribution in [0.25, 0.3) is 0 Å². The summed E-state index contributed by atoms with van der Waals surface area (Å²) in [5.74, 6) is 0.0767.